The Bertz CT molecular complexity index is 1190. The highest BCUT2D eigenvalue weighted by atomic mass is 19.1. The van der Waals surface area contributed by atoms with Gasteiger partial charge in [-0.2, -0.15) is 0 Å². The van der Waals surface area contributed by atoms with Gasteiger partial charge in [-0.25, -0.2) is 4.39 Å². The summed E-state index contributed by atoms with van der Waals surface area (Å²) in [6, 6.07) is 20.9. The predicted molar refractivity (Wildman–Crippen MR) is 123 cm³/mol. The number of ketones is 1. The van der Waals surface area contributed by atoms with Gasteiger partial charge in [0.2, 0.25) is 0 Å². The van der Waals surface area contributed by atoms with Crippen molar-refractivity contribution in [3.63, 3.8) is 0 Å². The average Bonchev–Trinajstić information content (AvgIpc) is 3.08. The van der Waals surface area contributed by atoms with E-state index in [4.69, 9.17) is 4.74 Å². The molecule has 1 aliphatic heterocycles. The number of halogens is 1. The lowest BCUT2D eigenvalue weighted by molar-refractivity contribution is -0.140. The van der Waals surface area contributed by atoms with Gasteiger partial charge in [-0.3, -0.25) is 9.59 Å². The molecule has 0 unspecified atom stereocenters. The molecule has 1 saturated heterocycles. The fraction of sp³-hybridized carbons (Fsp3) is 0.185. The zero-order valence-corrected chi connectivity index (χ0v) is 18.2. The van der Waals surface area contributed by atoms with E-state index in [0.29, 0.717) is 17.9 Å². The third-order valence-corrected chi connectivity index (χ3v) is 5.50. The van der Waals surface area contributed by atoms with Crippen molar-refractivity contribution >= 4 is 17.4 Å². The van der Waals surface area contributed by atoms with Crippen molar-refractivity contribution in [3.05, 3.63) is 107 Å². The molecule has 0 spiro atoms. The van der Waals surface area contributed by atoms with Crippen LogP contribution in [0.25, 0.3) is 5.76 Å². The van der Waals surface area contributed by atoms with Gasteiger partial charge >= 0.3 is 0 Å². The number of aliphatic hydroxyl groups is 1. The molecule has 4 rings (SSSR count). The highest BCUT2D eigenvalue weighted by Gasteiger charge is 2.46. The molecule has 0 saturated carbocycles. The second kappa shape index (κ2) is 9.69. The van der Waals surface area contributed by atoms with Crippen molar-refractivity contribution in [3.8, 4) is 5.75 Å². The van der Waals surface area contributed by atoms with Crippen LogP contribution in [0.3, 0.4) is 0 Å². The summed E-state index contributed by atoms with van der Waals surface area (Å²) in [5.74, 6) is -1.67. The maximum atomic E-state index is 13.4. The van der Waals surface area contributed by atoms with Gasteiger partial charge in [0.1, 0.15) is 17.3 Å². The van der Waals surface area contributed by atoms with Crippen LogP contribution in [0.15, 0.2) is 84.4 Å². The Kier molecular flexibility index (Phi) is 6.54. The first-order chi connectivity index (χ1) is 16.0. The van der Waals surface area contributed by atoms with Crippen LogP contribution in [-0.4, -0.2) is 28.3 Å². The normalized spacial score (nSPS) is 17.4. The van der Waals surface area contributed by atoms with E-state index in [-0.39, 0.29) is 23.4 Å². The molecule has 168 valence electrons. The standard InChI is InChI=1S/C27H24FNO4/c1-2-15-33-22-10-6-9-20(16-22)24-23(25(30)19-11-13-21(28)14-12-19)26(31)27(32)29(24)17-18-7-4-3-5-8-18/h3-14,16,24,30H,2,15,17H2,1H3/t24-/m1/s1. The Hall–Kier alpha value is -3.93. The van der Waals surface area contributed by atoms with E-state index in [1.165, 1.54) is 29.2 Å². The van der Waals surface area contributed by atoms with Gasteiger partial charge in [0.05, 0.1) is 18.2 Å². The number of hydrogen-bond donors (Lipinski definition) is 1. The maximum absolute atomic E-state index is 13.4. The van der Waals surface area contributed by atoms with Crippen molar-refractivity contribution in [1.29, 1.82) is 0 Å². The van der Waals surface area contributed by atoms with E-state index in [2.05, 4.69) is 0 Å². The van der Waals surface area contributed by atoms with Crippen LogP contribution < -0.4 is 4.74 Å². The minimum atomic E-state index is -0.819. The molecular formula is C27H24FNO4. The SMILES string of the molecule is CCCOc1cccc([C@@H]2C(=C(O)c3ccc(F)cc3)C(=O)C(=O)N2Cc2ccccc2)c1. The first kappa shape index (κ1) is 22.3. The zero-order valence-electron chi connectivity index (χ0n) is 18.2. The first-order valence-electron chi connectivity index (χ1n) is 10.8. The van der Waals surface area contributed by atoms with Gasteiger partial charge in [-0.05, 0) is 53.9 Å². The molecule has 1 aliphatic rings. The largest absolute Gasteiger partial charge is 0.507 e. The second-order valence-electron chi connectivity index (χ2n) is 7.84. The number of Topliss-reactive ketones (excluding diaryl/α,β-unsaturated/α-hetero) is 1. The fourth-order valence-corrected chi connectivity index (χ4v) is 3.93. The van der Waals surface area contributed by atoms with Gasteiger partial charge in [0.15, 0.2) is 0 Å². The van der Waals surface area contributed by atoms with E-state index in [1.54, 1.807) is 18.2 Å². The van der Waals surface area contributed by atoms with Gasteiger partial charge in [-0.15, -0.1) is 0 Å². The minimum absolute atomic E-state index is 0.0322. The number of carbonyl (C=O) groups is 2. The molecule has 1 heterocycles. The lowest BCUT2D eigenvalue weighted by atomic mass is 9.95. The Balaban J connectivity index is 1.84. The summed E-state index contributed by atoms with van der Waals surface area (Å²) < 4.78 is 19.2. The molecular weight excluding hydrogens is 421 g/mol. The Morgan fingerprint density at radius 2 is 1.73 bits per heavy atom. The summed E-state index contributed by atoms with van der Waals surface area (Å²) in [7, 11) is 0. The molecule has 3 aromatic rings. The maximum Gasteiger partial charge on any atom is 0.295 e. The molecule has 0 bridgehead atoms. The van der Waals surface area contributed by atoms with E-state index < -0.39 is 23.5 Å². The molecule has 1 N–H and O–H groups in total. The van der Waals surface area contributed by atoms with E-state index >= 15 is 0 Å². The molecule has 0 radical (unpaired) electrons. The van der Waals surface area contributed by atoms with Crippen molar-refractivity contribution in [2.24, 2.45) is 0 Å². The number of rotatable bonds is 7. The van der Waals surface area contributed by atoms with Crippen LogP contribution in [0.1, 0.15) is 36.1 Å². The lowest BCUT2D eigenvalue weighted by Crippen LogP contribution is -2.29. The highest BCUT2D eigenvalue weighted by Crippen LogP contribution is 2.41. The minimum Gasteiger partial charge on any atom is -0.507 e. The lowest BCUT2D eigenvalue weighted by Gasteiger charge is -2.26. The quantitative estimate of drug-likeness (QED) is 0.307. The first-order valence-corrected chi connectivity index (χ1v) is 10.8. The van der Waals surface area contributed by atoms with Gasteiger partial charge in [0, 0.05) is 12.1 Å². The van der Waals surface area contributed by atoms with Gasteiger partial charge in [0.25, 0.3) is 11.7 Å². The number of hydrogen-bond acceptors (Lipinski definition) is 4. The van der Waals surface area contributed by atoms with E-state index in [1.807, 2.05) is 43.3 Å². The number of nitrogens with zero attached hydrogens (tertiary/aromatic N) is 1. The number of benzene rings is 3. The second-order valence-corrected chi connectivity index (χ2v) is 7.84. The summed E-state index contributed by atoms with van der Waals surface area (Å²) in [4.78, 5) is 27.7. The average molecular weight is 445 g/mol. The van der Waals surface area contributed by atoms with Crippen LogP contribution >= 0.6 is 0 Å². The zero-order chi connectivity index (χ0) is 23.4. The van der Waals surface area contributed by atoms with Crippen LogP contribution in [-0.2, 0) is 16.1 Å². The third-order valence-electron chi connectivity index (χ3n) is 5.50. The highest BCUT2D eigenvalue weighted by molar-refractivity contribution is 6.46. The summed E-state index contributed by atoms with van der Waals surface area (Å²) in [5.41, 5.74) is 1.72. The van der Waals surface area contributed by atoms with Crippen LogP contribution in [0.2, 0.25) is 0 Å². The van der Waals surface area contributed by atoms with E-state index in [9.17, 15) is 19.1 Å². The number of carbonyl (C=O) groups excluding carboxylic acids is 2. The summed E-state index contributed by atoms with van der Waals surface area (Å²) >= 11 is 0. The van der Waals surface area contributed by atoms with Gasteiger partial charge < -0.3 is 14.7 Å². The Morgan fingerprint density at radius 3 is 2.42 bits per heavy atom. The van der Waals surface area contributed by atoms with E-state index in [0.717, 1.165) is 12.0 Å². The third kappa shape index (κ3) is 4.65. The molecule has 33 heavy (non-hydrogen) atoms. The molecule has 5 nitrogen and oxygen atoms in total. The Morgan fingerprint density at radius 1 is 1.00 bits per heavy atom. The molecule has 1 atom stereocenters. The van der Waals surface area contributed by atoms with Crippen molar-refractivity contribution in [2.75, 3.05) is 6.61 Å². The summed E-state index contributed by atoms with van der Waals surface area (Å²) in [6.07, 6.45) is 0.835. The van der Waals surface area contributed by atoms with Crippen LogP contribution in [0.4, 0.5) is 4.39 Å². The number of likely N-dealkylation sites (tertiary alicyclic amines) is 1. The Labute approximate surface area is 191 Å². The fourth-order valence-electron chi connectivity index (χ4n) is 3.93. The topological polar surface area (TPSA) is 66.8 Å². The molecule has 0 aromatic heterocycles. The predicted octanol–water partition coefficient (Wildman–Crippen LogP) is 5.24. The van der Waals surface area contributed by atoms with Gasteiger partial charge in [-0.1, -0.05) is 49.4 Å². The molecule has 1 fully saturated rings. The van der Waals surface area contributed by atoms with Crippen molar-refractivity contribution in [2.45, 2.75) is 25.9 Å². The molecule has 3 aromatic carbocycles. The van der Waals surface area contributed by atoms with Crippen LogP contribution in [0.5, 0.6) is 5.75 Å². The molecule has 1 amide bonds. The van der Waals surface area contributed by atoms with Crippen molar-refractivity contribution < 1.29 is 23.8 Å². The molecule has 6 heteroatoms. The molecule has 0 aliphatic carbocycles. The number of aliphatic hydroxyl groups excluding tert-OH is 1. The smallest absolute Gasteiger partial charge is 0.295 e. The summed E-state index contributed by atoms with van der Waals surface area (Å²) in [5, 5.41) is 11.1. The number of ether oxygens (including phenoxy) is 1. The van der Waals surface area contributed by atoms with Crippen LogP contribution in [0, 0.1) is 5.82 Å². The number of amides is 1. The van der Waals surface area contributed by atoms with Crippen molar-refractivity contribution in [1.82, 2.24) is 4.90 Å². The summed E-state index contributed by atoms with van der Waals surface area (Å²) in [6.45, 7) is 2.72. The monoisotopic (exact) mass is 445 g/mol.